The average molecular weight is 288 g/mol. The Morgan fingerprint density at radius 1 is 1.43 bits per heavy atom. The molecule has 0 bridgehead atoms. The maximum Gasteiger partial charge on any atom is 0.337 e. The molecule has 0 spiro atoms. The summed E-state index contributed by atoms with van der Waals surface area (Å²) in [7, 11) is 1.30. The number of nitrogen functional groups attached to an aromatic ring is 1. The Bertz CT molecular complexity index is 679. The van der Waals surface area contributed by atoms with Crippen molar-refractivity contribution in [2.45, 2.75) is 13.5 Å². The van der Waals surface area contributed by atoms with Crippen LogP contribution in [0.1, 0.15) is 27.8 Å². The first-order valence-corrected chi connectivity index (χ1v) is 6.37. The van der Waals surface area contributed by atoms with E-state index >= 15 is 0 Å². The van der Waals surface area contributed by atoms with Crippen LogP contribution in [0.5, 0.6) is 0 Å². The molecular formula is C14H16N4O3. The first kappa shape index (κ1) is 14.6. The summed E-state index contributed by atoms with van der Waals surface area (Å²) in [5, 5.41) is 6.74. The maximum atomic E-state index is 12.1. The van der Waals surface area contributed by atoms with E-state index in [1.807, 2.05) is 6.92 Å². The molecule has 0 fully saturated rings. The molecule has 7 nitrogen and oxygen atoms in total. The number of nitrogens with zero attached hydrogens (tertiary/aromatic N) is 2. The number of anilines is 2. The van der Waals surface area contributed by atoms with Gasteiger partial charge in [0.15, 0.2) is 5.69 Å². The number of benzene rings is 1. The van der Waals surface area contributed by atoms with E-state index in [1.165, 1.54) is 13.2 Å². The topological polar surface area (TPSA) is 99.2 Å². The minimum Gasteiger partial charge on any atom is -0.465 e. The van der Waals surface area contributed by atoms with Gasteiger partial charge in [-0.2, -0.15) is 5.10 Å². The highest BCUT2D eigenvalue weighted by atomic mass is 16.5. The van der Waals surface area contributed by atoms with Gasteiger partial charge in [-0.15, -0.1) is 0 Å². The summed E-state index contributed by atoms with van der Waals surface area (Å²) in [6, 6.07) is 6.44. The lowest BCUT2D eigenvalue weighted by molar-refractivity contribution is 0.0600. The Labute approximate surface area is 121 Å². The molecule has 0 unspecified atom stereocenters. The normalized spacial score (nSPS) is 10.2. The van der Waals surface area contributed by atoms with Crippen molar-refractivity contribution in [3.63, 3.8) is 0 Å². The van der Waals surface area contributed by atoms with Crippen LogP contribution in [0.4, 0.5) is 11.4 Å². The lowest BCUT2D eigenvalue weighted by atomic mass is 10.2. The second-order valence-corrected chi connectivity index (χ2v) is 4.32. The zero-order valence-corrected chi connectivity index (χ0v) is 11.8. The van der Waals surface area contributed by atoms with Crippen molar-refractivity contribution < 1.29 is 14.3 Å². The van der Waals surface area contributed by atoms with Gasteiger partial charge in [0, 0.05) is 18.4 Å². The van der Waals surface area contributed by atoms with Gasteiger partial charge in [-0.3, -0.25) is 9.48 Å². The predicted molar refractivity (Wildman–Crippen MR) is 78.0 cm³/mol. The Hall–Kier alpha value is -2.83. The summed E-state index contributed by atoms with van der Waals surface area (Å²) >= 11 is 0. The number of hydrogen-bond donors (Lipinski definition) is 2. The van der Waals surface area contributed by atoms with Crippen LogP contribution in [0.2, 0.25) is 0 Å². The number of ether oxygens (including phenoxy) is 1. The summed E-state index contributed by atoms with van der Waals surface area (Å²) in [5.74, 6) is -0.900. The molecule has 0 aliphatic carbocycles. The van der Waals surface area contributed by atoms with Crippen molar-refractivity contribution in [1.29, 1.82) is 0 Å². The molecule has 2 aromatic rings. The van der Waals surface area contributed by atoms with Crippen molar-refractivity contribution in [1.82, 2.24) is 9.78 Å². The van der Waals surface area contributed by atoms with Crippen molar-refractivity contribution in [2.75, 3.05) is 18.2 Å². The quantitative estimate of drug-likeness (QED) is 0.831. The minimum atomic E-state index is -0.471. The second kappa shape index (κ2) is 6.08. The van der Waals surface area contributed by atoms with Crippen molar-refractivity contribution in [3.8, 4) is 0 Å². The van der Waals surface area contributed by atoms with E-state index in [-0.39, 0.29) is 5.69 Å². The third-order valence-corrected chi connectivity index (χ3v) is 2.87. The Morgan fingerprint density at radius 3 is 2.81 bits per heavy atom. The molecule has 1 amide bonds. The van der Waals surface area contributed by atoms with Gasteiger partial charge in [0.25, 0.3) is 5.91 Å². The van der Waals surface area contributed by atoms with Crippen LogP contribution in [-0.4, -0.2) is 28.8 Å². The van der Waals surface area contributed by atoms with E-state index in [0.29, 0.717) is 23.5 Å². The molecule has 7 heteroatoms. The average Bonchev–Trinajstić information content (AvgIpc) is 2.88. The standard InChI is InChI=1S/C14H16N4O3/c1-3-18-8-11(15)12(17-18)13(19)16-10-6-4-5-9(7-10)14(20)21-2/h4-8H,3,15H2,1-2H3,(H,16,19). The van der Waals surface area contributed by atoms with E-state index in [0.717, 1.165) is 0 Å². The SMILES string of the molecule is CCn1cc(N)c(C(=O)Nc2cccc(C(=O)OC)c2)n1. The summed E-state index contributed by atoms with van der Waals surface area (Å²) < 4.78 is 6.21. The van der Waals surface area contributed by atoms with Gasteiger partial charge in [-0.1, -0.05) is 6.07 Å². The predicted octanol–water partition coefficient (Wildman–Crippen LogP) is 1.52. The van der Waals surface area contributed by atoms with Crippen molar-refractivity contribution >= 4 is 23.3 Å². The van der Waals surface area contributed by atoms with Gasteiger partial charge in [0.1, 0.15) is 0 Å². The third-order valence-electron chi connectivity index (χ3n) is 2.87. The molecule has 0 saturated heterocycles. The molecule has 0 saturated carbocycles. The van der Waals surface area contributed by atoms with Crippen LogP contribution in [0.3, 0.4) is 0 Å². The zero-order valence-electron chi connectivity index (χ0n) is 11.8. The third kappa shape index (κ3) is 3.19. The number of esters is 1. The van der Waals surface area contributed by atoms with Crippen molar-refractivity contribution in [3.05, 3.63) is 41.7 Å². The van der Waals surface area contributed by atoms with Gasteiger partial charge < -0.3 is 15.8 Å². The number of nitrogens with one attached hydrogen (secondary N) is 1. The molecule has 0 atom stereocenters. The van der Waals surface area contributed by atoms with Gasteiger partial charge in [0.05, 0.1) is 18.4 Å². The lowest BCUT2D eigenvalue weighted by Gasteiger charge is -2.05. The summed E-state index contributed by atoms with van der Waals surface area (Å²) in [6.07, 6.45) is 1.60. The molecule has 2 rings (SSSR count). The van der Waals surface area contributed by atoms with Gasteiger partial charge in [-0.05, 0) is 25.1 Å². The summed E-state index contributed by atoms with van der Waals surface area (Å²) in [4.78, 5) is 23.6. The number of nitrogens with two attached hydrogens (primary N) is 1. The zero-order chi connectivity index (χ0) is 15.4. The second-order valence-electron chi connectivity index (χ2n) is 4.32. The molecule has 0 aliphatic heterocycles. The molecule has 1 heterocycles. The van der Waals surface area contributed by atoms with Crippen LogP contribution in [0.15, 0.2) is 30.5 Å². The number of aryl methyl sites for hydroxylation is 1. The molecule has 3 N–H and O–H groups in total. The minimum absolute atomic E-state index is 0.153. The smallest absolute Gasteiger partial charge is 0.337 e. The van der Waals surface area contributed by atoms with Crippen LogP contribution in [-0.2, 0) is 11.3 Å². The van der Waals surface area contributed by atoms with E-state index in [2.05, 4.69) is 15.2 Å². The van der Waals surface area contributed by atoms with E-state index in [4.69, 9.17) is 5.73 Å². The number of aromatic nitrogens is 2. The molecule has 0 radical (unpaired) electrons. The van der Waals surface area contributed by atoms with Crippen LogP contribution in [0, 0.1) is 0 Å². The Balaban J connectivity index is 2.19. The highest BCUT2D eigenvalue weighted by molar-refractivity contribution is 6.06. The van der Waals surface area contributed by atoms with E-state index in [1.54, 1.807) is 29.1 Å². The molecule has 110 valence electrons. The van der Waals surface area contributed by atoms with Crippen molar-refractivity contribution in [2.24, 2.45) is 0 Å². The Kier molecular flexibility index (Phi) is 4.22. The fourth-order valence-electron chi connectivity index (χ4n) is 1.81. The number of hydrogen-bond acceptors (Lipinski definition) is 5. The number of methoxy groups -OCH3 is 1. The molecule has 1 aromatic heterocycles. The van der Waals surface area contributed by atoms with Crippen LogP contribution < -0.4 is 11.1 Å². The maximum absolute atomic E-state index is 12.1. The van der Waals surface area contributed by atoms with E-state index < -0.39 is 11.9 Å². The molecule has 21 heavy (non-hydrogen) atoms. The highest BCUT2D eigenvalue weighted by Crippen LogP contribution is 2.15. The fourth-order valence-corrected chi connectivity index (χ4v) is 1.81. The summed E-state index contributed by atoms with van der Waals surface area (Å²) in [5.41, 5.74) is 7.03. The number of rotatable bonds is 4. The number of carbonyl (C=O) groups excluding carboxylic acids is 2. The summed E-state index contributed by atoms with van der Waals surface area (Å²) in [6.45, 7) is 2.52. The monoisotopic (exact) mass is 288 g/mol. The van der Waals surface area contributed by atoms with E-state index in [9.17, 15) is 9.59 Å². The number of carbonyl (C=O) groups is 2. The van der Waals surface area contributed by atoms with Gasteiger partial charge >= 0.3 is 5.97 Å². The molecule has 1 aromatic carbocycles. The largest absolute Gasteiger partial charge is 0.465 e. The lowest BCUT2D eigenvalue weighted by Crippen LogP contribution is -2.15. The fraction of sp³-hybridized carbons (Fsp3) is 0.214. The Morgan fingerprint density at radius 2 is 2.19 bits per heavy atom. The highest BCUT2D eigenvalue weighted by Gasteiger charge is 2.15. The van der Waals surface area contributed by atoms with Gasteiger partial charge in [0.2, 0.25) is 0 Å². The first-order valence-electron chi connectivity index (χ1n) is 6.37. The number of amides is 1. The van der Waals surface area contributed by atoms with Gasteiger partial charge in [-0.25, -0.2) is 4.79 Å². The molecule has 0 aliphatic rings. The first-order chi connectivity index (χ1) is 10.0. The van der Waals surface area contributed by atoms with Crippen LogP contribution >= 0.6 is 0 Å². The van der Waals surface area contributed by atoms with Crippen LogP contribution in [0.25, 0.3) is 0 Å². The molecular weight excluding hydrogens is 272 g/mol.